The van der Waals surface area contributed by atoms with E-state index in [1.165, 1.54) is 0 Å². The smallest absolute Gasteiger partial charge is 0.272 e. The van der Waals surface area contributed by atoms with E-state index < -0.39 is 5.60 Å². The van der Waals surface area contributed by atoms with Crippen LogP contribution in [-0.2, 0) is 5.60 Å². The van der Waals surface area contributed by atoms with Gasteiger partial charge in [-0.3, -0.25) is 4.79 Å². The van der Waals surface area contributed by atoms with Crippen molar-refractivity contribution >= 4 is 16.6 Å². The van der Waals surface area contributed by atoms with Crippen LogP contribution >= 0.6 is 0 Å². The molecule has 0 aliphatic heterocycles. The van der Waals surface area contributed by atoms with Crippen LogP contribution in [-0.4, -0.2) is 14.5 Å². The zero-order chi connectivity index (χ0) is 12.9. The highest BCUT2D eigenvalue weighted by Gasteiger charge is 2.16. The summed E-state index contributed by atoms with van der Waals surface area (Å²) in [5.41, 5.74) is 2.00. The number of hydrogen-bond acceptors (Lipinski definition) is 2. The molecule has 0 amide bonds. The van der Waals surface area contributed by atoms with Crippen LogP contribution in [0.1, 0.15) is 19.4 Å². The molecule has 3 aromatic rings. The van der Waals surface area contributed by atoms with Crippen LogP contribution in [0.15, 0.2) is 41.3 Å². The molecule has 0 spiro atoms. The largest absolute Gasteiger partial charge is 0.386 e. The molecule has 0 saturated heterocycles. The Hall–Kier alpha value is -2.07. The van der Waals surface area contributed by atoms with Crippen LogP contribution < -0.4 is 5.56 Å². The average molecular weight is 242 g/mol. The fourth-order valence-corrected chi connectivity index (χ4v) is 2.19. The Balaban J connectivity index is 2.43. The van der Waals surface area contributed by atoms with Gasteiger partial charge >= 0.3 is 0 Å². The molecule has 1 aromatic carbocycles. The number of hydrogen-bond donors (Lipinski definition) is 2. The van der Waals surface area contributed by atoms with Crippen molar-refractivity contribution in [2.24, 2.45) is 0 Å². The van der Waals surface area contributed by atoms with E-state index in [9.17, 15) is 9.90 Å². The highest BCUT2D eigenvalue weighted by atomic mass is 16.3. The van der Waals surface area contributed by atoms with Gasteiger partial charge in [-0.25, -0.2) is 0 Å². The zero-order valence-electron chi connectivity index (χ0n) is 10.3. The minimum atomic E-state index is -0.920. The van der Waals surface area contributed by atoms with Gasteiger partial charge in [0.2, 0.25) is 0 Å². The van der Waals surface area contributed by atoms with Crippen LogP contribution in [0.2, 0.25) is 0 Å². The molecule has 2 N–H and O–H groups in total. The zero-order valence-corrected chi connectivity index (χ0v) is 10.3. The molecule has 0 unspecified atom stereocenters. The molecule has 0 radical (unpaired) electrons. The van der Waals surface area contributed by atoms with Gasteiger partial charge in [-0.05, 0) is 43.7 Å². The van der Waals surface area contributed by atoms with Gasteiger partial charge in [-0.2, -0.15) is 0 Å². The van der Waals surface area contributed by atoms with E-state index in [2.05, 4.69) is 4.98 Å². The average Bonchev–Trinajstić information content (AvgIpc) is 2.77. The van der Waals surface area contributed by atoms with Gasteiger partial charge in [0.15, 0.2) is 0 Å². The van der Waals surface area contributed by atoms with Crippen molar-refractivity contribution in [1.82, 2.24) is 9.38 Å². The summed E-state index contributed by atoms with van der Waals surface area (Å²) in [6.45, 7) is 3.45. The quantitative estimate of drug-likeness (QED) is 0.685. The number of benzene rings is 1. The summed E-state index contributed by atoms with van der Waals surface area (Å²) in [6.07, 6.45) is 1.86. The lowest BCUT2D eigenvalue weighted by molar-refractivity contribution is 0.0787. The third-order valence-corrected chi connectivity index (χ3v) is 3.19. The first kappa shape index (κ1) is 11.0. The highest BCUT2D eigenvalue weighted by Crippen LogP contribution is 2.23. The summed E-state index contributed by atoms with van der Waals surface area (Å²) in [5, 5.41) is 9.99. The van der Waals surface area contributed by atoms with Gasteiger partial charge in [0.05, 0.1) is 16.6 Å². The molecule has 0 aliphatic carbocycles. The second-order valence-electron chi connectivity index (χ2n) is 5.01. The highest BCUT2D eigenvalue weighted by molar-refractivity contribution is 5.79. The van der Waals surface area contributed by atoms with Crippen LogP contribution in [0.25, 0.3) is 16.6 Å². The van der Waals surface area contributed by atoms with E-state index in [4.69, 9.17) is 0 Å². The first-order valence-corrected chi connectivity index (χ1v) is 5.83. The lowest BCUT2D eigenvalue weighted by atomic mass is 9.98. The Morgan fingerprint density at radius 1 is 1.22 bits per heavy atom. The molecule has 0 fully saturated rings. The molecular formula is C14H14N2O2. The maximum Gasteiger partial charge on any atom is 0.272 e. The summed E-state index contributed by atoms with van der Waals surface area (Å²) in [5.74, 6) is 0. The predicted octanol–water partition coefficient (Wildman–Crippen LogP) is 2.01. The van der Waals surface area contributed by atoms with Crippen LogP contribution in [0, 0.1) is 0 Å². The van der Waals surface area contributed by atoms with E-state index >= 15 is 0 Å². The number of rotatable bonds is 1. The molecule has 2 heterocycles. The van der Waals surface area contributed by atoms with Gasteiger partial charge in [0, 0.05) is 6.20 Å². The molecule has 3 rings (SSSR count). The molecule has 0 saturated carbocycles. The molecule has 0 atom stereocenters. The number of aromatic amines is 1. The third-order valence-electron chi connectivity index (χ3n) is 3.19. The maximum atomic E-state index is 11.9. The van der Waals surface area contributed by atoms with Gasteiger partial charge < -0.3 is 14.5 Å². The van der Waals surface area contributed by atoms with E-state index in [-0.39, 0.29) is 5.56 Å². The third kappa shape index (κ3) is 1.54. The van der Waals surface area contributed by atoms with Crippen molar-refractivity contribution in [3.05, 3.63) is 52.4 Å². The Morgan fingerprint density at radius 3 is 2.72 bits per heavy atom. The van der Waals surface area contributed by atoms with Crippen LogP contribution in [0.3, 0.4) is 0 Å². The molecule has 0 bridgehead atoms. The molecule has 2 aromatic heterocycles. The number of aromatic nitrogens is 2. The van der Waals surface area contributed by atoms with Gasteiger partial charge in [-0.15, -0.1) is 0 Å². The summed E-state index contributed by atoms with van der Waals surface area (Å²) in [7, 11) is 0. The Labute approximate surface area is 104 Å². The number of fused-ring (bicyclic) bond motifs is 3. The molecular weight excluding hydrogens is 228 g/mol. The van der Waals surface area contributed by atoms with Crippen molar-refractivity contribution in [3.63, 3.8) is 0 Å². The monoisotopic (exact) mass is 242 g/mol. The predicted molar refractivity (Wildman–Crippen MR) is 70.8 cm³/mol. The minimum absolute atomic E-state index is 0.125. The van der Waals surface area contributed by atoms with E-state index in [0.29, 0.717) is 5.52 Å². The van der Waals surface area contributed by atoms with Gasteiger partial charge in [-0.1, -0.05) is 6.07 Å². The van der Waals surface area contributed by atoms with Crippen molar-refractivity contribution < 1.29 is 5.11 Å². The molecule has 92 valence electrons. The first-order valence-electron chi connectivity index (χ1n) is 5.83. The second-order valence-corrected chi connectivity index (χ2v) is 5.01. The van der Waals surface area contributed by atoms with E-state index in [1.807, 2.05) is 34.9 Å². The van der Waals surface area contributed by atoms with Crippen molar-refractivity contribution in [3.8, 4) is 0 Å². The fraction of sp³-hybridized carbons (Fsp3) is 0.214. The van der Waals surface area contributed by atoms with Crippen LogP contribution in [0.5, 0.6) is 0 Å². The van der Waals surface area contributed by atoms with Crippen molar-refractivity contribution in [1.29, 1.82) is 0 Å². The summed E-state index contributed by atoms with van der Waals surface area (Å²) < 4.78 is 1.85. The normalized spacial score (nSPS) is 12.4. The second kappa shape index (κ2) is 3.46. The fourth-order valence-electron chi connectivity index (χ4n) is 2.19. The minimum Gasteiger partial charge on any atom is -0.386 e. The topological polar surface area (TPSA) is 57.5 Å². The number of H-pyrrole nitrogens is 1. The molecule has 18 heavy (non-hydrogen) atoms. The number of aliphatic hydroxyl groups is 1. The lowest BCUT2D eigenvalue weighted by Gasteiger charge is -2.18. The maximum absolute atomic E-state index is 11.9. The number of nitrogens with one attached hydrogen (secondary N) is 1. The standard InChI is InChI=1S/C14H14N2O2/c1-14(2,18)9-5-6-11-10(8-9)15-13(17)12-4-3-7-16(11)12/h3-8,18H,1-2H3,(H,15,17). The van der Waals surface area contributed by atoms with E-state index in [1.54, 1.807) is 19.9 Å². The van der Waals surface area contributed by atoms with Crippen molar-refractivity contribution in [2.75, 3.05) is 0 Å². The van der Waals surface area contributed by atoms with Gasteiger partial charge in [0.1, 0.15) is 5.52 Å². The lowest BCUT2D eigenvalue weighted by Crippen LogP contribution is -2.16. The SMILES string of the molecule is CC(C)(O)c1ccc2c(c1)[nH]c(=O)c1cccn12. The summed E-state index contributed by atoms with van der Waals surface area (Å²) in [4.78, 5) is 14.7. The molecule has 4 heteroatoms. The number of nitrogens with zero attached hydrogens (tertiary/aromatic N) is 1. The van der Waals surface area contributed by atoms with E-state index in [0.717, 1.165) is 16.6 Å². The Bertz CT molecular complexity index is 791. The van der Waals surface area contributed by atoms with Crippen molar-refractivity contribution in [2.45, 2.75) is 19.4 Å². The molecule has 0 aliphatic rings. The Morgan fingerprint density at radius 2 is 2.00 bits per heavy atom. The van der Waals surface area contributed by atoms with Crippen LogP contribution in [0.4, 0.5) is 0 Å². The summed E-state index contributed by atoms with van der Waals surface area (Å²) in [6, 6.07) is 9.22. The first-order chi connectivity index (χ1) is 8.47. The summed E-state index contributed by atoms with van der Waals surface area (Å²) >= 11 is 0. The van der Waals surface area contributed by atoms with Gasteiger partial charge in [0.25, 0.3) is 5.56 Å². The Kier molecular flexibility index (Phi) is 2.12. The molecule has 4 nitrogen and oxygen atoms in total.